The van der Waals surface area contributed by atoms with Crippen LogP contribution in [0.5, 0.6) is 5.75 Å². The van der Waals surface area contributed by atoms with Crippen molar-refractivity contribution in [1.29, 1.82) is 0 Å². The molecule has 0 unspecified atom stereocenters. The summed E-state index contributed by atoms with van der Waals surface area (Å²) < 4.78 is 0. The molecule has 1 heterocycles. The highest BCUT2D eigenvalue weighted by Gasteiger charge is 2.19. The largest absolute Gasteiger partial charge is 0.507 e. The van der Waals surface area contributed by atoms with Crippen molar-refractivity contribution in [3.8, 4) is 16.9 Å². The van der Waals surface area contributed by atoms with Crippen LogP contribution in [-0.4, -0.2) is 40.6 Å². The molecular weight excluding hydrogens is 576 g/mol. The Morgan fingerprint density at radius 3 is 1.93 bits per heavy atom. The van der Waals surface area contributed by atoms with Gasteiger partial charge in [-0.2, -0.15) is 0 Å². The summed E-state index contributed by atoms with van der Waals surface area (Å²) in [4.78, 5) is 16.5. The molecule has 1 aliphatic rings. The van der Waals surface area contributed by atoms with Crippen molar-refractivity contribution in [2.75, 3.05) is 13.7 Å². The first-order chi connectivity index (χ1) is 22.2. The van der Waals surface area contributed by atoms with Crippen LogP contribution in [0.1, 0.15) is 82.2 Å². The Bertz CT molecular complexity index is 1290. The number of benzene rings is 2. The van der Waals surface area contributed by atoms with E-state index < -0.39 is 0 Å². The second kappa shape index (κ2) is 24.7. The van der Waals surface area contributed by atoms with Crippen LogP contribution >= 0.6 is 0 Å². The van der Waals surface area contributed by atoms with Crippen molar-refractivity contribution in [3.05, 3.63) is 108 Å². The molecule has 0 saturated heterocycles. The number of unbranched alkanes of at least 4 members (excludes halogenated alkanes) is 1. The number of carbonyl (C=O) groups is 1. The lowest BCUT2D eigenvalue weighted by Crippen LogP contribution is -2.22. The number of carbonyl (C=O) groups excluding carboxylic acids is 1. The molecule has 9 heteroatoms. The van der Waals surface area contributed by atoms with E-state index in [1.54, 1.807) is 36.4 Å². The predicted octanol–water partition coefficient (Wildman–Crippen LogP) is 6.53. The quantitative estimate of drug-likeness (QED) is 0.119. The molecule has 0 atom stereocenters. The van der Waals surface area contributed by atoms with Gasteiger partial charge in [-0.3, -0.25) is 0 Å². The summed E-state index contributed by atoms with van der Waals surface area (Å²) in [7, 11) is 1.00. The van der Waals surface area contributed by atoms with Gasteiger partial charge in [-0.25, -0.2) is 9.97 Å². The summed E-state index contributed by atoms with van der Waals surface area (Å²) >= 11 is 0. The minimum Gasteiger partial charge on any atom is -0.507 e. The maximum Gasteiger partial charge on any atom is 0.125 e. The van der Waals surface area contributed by atoms with E-state index in [0.29, 0.717) is 23.5 Å². The van der Waals surface area contributed by atoms with Crippen molar-refractivity contribution in [3.63, 3.8) is 0 Å². The molecule has 9 nitrogen and oxygen atoms in total. The lowest BCUT2D eigenvalue weighted by Gasteiger charge is -2.26. The van der Waals surface area contributed by atoms with Crippen LogP contribution in [0, 0.1) is 12.8 Å². The van der Waals surface area contributed by atoms with Crippen molar-refractivity contribution < 1.29 is 15.0 Å². The molecular formula is C37H56N6O3. The second-order valence-corrected chi connectivity index (χ2v) is 10.8. The topological polar surface area (TPSA) is 173 Å². The third kappa shape index (κ3) is 15.4. The van der Waals surface area contributed by atoms with Gasteiger partial charge >= 0.3 is 0 Å². The lowest BCUT2D eigenvalue weighted by molar-refractivity contribution is -0.0980. The van der Waals surface area contributed by atoms with Crippen molar-refractivity contribution in [2.45, 2.75) is 72.1 Å². The molecule has 0 amide bonds. The Morgan fingerprint density at radius 2 is 1.46 bits per heavy atom. The van der Waals surface area contributed by atoms with Crippen LogP contribution in [0.15, 0.2) is 91.2 Å². The SMILES string of the molecule is C=CCNC(/C=C(\N)c1ccccc1O)=C(N)N.C=O.CCCC.CO.Cc1ncc(-c2ccc(C3CCC(C)CC3)cc2)cn1. The van der Waals surface area contributed by atoms with E-state index in [1.807, 2.05) is 26.1 Å². The number of phenolic OH excluding ortho intramolecular Hbond substituents is 1. The fourth-order valence-electron chi connectivity index (χ4n) is 4.45. The lowest BCUT2D eigenvalue weighted by atomic mass is 9.79. The monoisotopic (exact) mass is 632 g/mol. The first kappa shape index (κ1) is 41.4. The van der Waals surface area contributed by atoms with Crippen LogP contribution < -0.4 is 22.5 Å². The fraction of sp³-hybridized carbons (Fsp3) is 0.378. The first-order valence-electron chi connectivity index (χ1n) is 15.7. The third-order valence-electron chi connectivity index (χ3n) is 7.27. The number of nitrogens with one attached hydrogen (secondary N) is 1. The summed E-state index contributed by atoms with van der Waals surface area (Å²) in [5.74, 6) is 2.71. The highest BCUT2D eigenvalue weighted by molar-refractivity contribution is 5.70. The summed E-state index contributed by atoms with van der Waals surface area (Å²) in [5, 5.41) is 19.6. The number of nitrogens with zero attached hydrogens (tertiary/aromatic N) is 2. The van der Waals surface area contributed by atoms with E-state index in [4.69, 9.17) is 27.1 Å². The Morgan fingerprint density at radius 1 is 0.913 bits per heavy atom. The Labute approximate surface area is 276 Å². The van der Waals surface area contributed by atoms with Crippen molar-refractivity contribution >= 4 is 12.5 Å². The average Bonchev–Trinajstić information content (AvgIpc) is 3.09. The fourth-order valence-corrected chi connectivity index (χ4v) is 4.45. The zero-order valence-corrected chi connectivity index (χ0v) is 28.4. The van der Waals surface area contributed by atoms with Gasteiger partial charge in [-0.15, -0.1) is 6.58 Å². The molecule has 252 valence electrons. The number of allylic oxidation sites excluding steroid dienone is 1. The van der Waals surface area contributed by atoms with Gasteiger partial charge in [0.1, 0.15) is 24.2 Å². The molecule has 4 rings (SSSR count). The summed E-state index contributed by atoms with van der Waals surface area (Å²) in [6, 6.07) is 15.8. The van der Waals surface area contributed by atoms with Gasteiger partial charge in [0, 0.05) is 42.9 Å². The van der Waals surface area contributed by atoms with E-state index in [-0.39, 0.29) is 11.6 Å². The number of para-hydroxylation sites is 1. The smallest absolute Gasteiger partial charge is 0.125 e. The van der Waals surface area contributed by atoms with Crippen LogP contribution in [0.3, 0.4) is 0 Å². The zero-order valence-electron chi connectivity index (χ0n) is 28.4. The summed E-state index contributed by atoms with van der Waals surface area (Å²) in [6.45, 7) is 14.7. The minimum atomic E-state index is 0.102. The molecule has 1 aromatic heterocycles. The van der Waals surface area contributed by atoms with E-state index >= 15 is 0 Å². The number of aliphatic hydroxyl groups excluding tert-OH is 1. The summed E-state index contributed by atoms with van der Waals surface area (Å²) in [6.07, 6.45) is 15.1. The van der Waals surface area contributed by atoms with E-state index in [9.17, 15) is 5.11 Å². The summed E-state index contributed by atoms with van der Waals surface area (Å²) in [5.41, 5.74) is 22.2. The number of hydrogen-bond acceptors (Lipinski definition) is 9. The molecule has 2 aromatic carbocycles. The van der Waals surface area contributed by atoms with E-state index in [0.717, 1.165) is 30.3 Å². The van der Waals surface area contributed by atoms with Crippen LogP contribution in [0.25, 0.3) is 16.8 Å². The molecule has 46 heavy (non-hydrogen) atoms. The number of aryl methyl sites for hydroxylation is 1. The number of hydrogen-bond donors (Lipinski definition) is 6. The van der Waals surface area contributed by atoms with E-state index in [2.05, 4.69) is 66.9 Å². The zero-order chi connectivity index (χ0) is 34.9. The Hall–Kier alpha value is -4.63. The molecule has 0 bridgehead atoms. The molecule has 1 aliphatic carbocycles. The number of phenols is 1. The average molecular weight is 633 g/mol. The first-order valence-corrected chi connectivity index (χ1v) is 15.7. The Kier molecular flexibility index (Phi) is 22.2. The van der Waals surface area contributed by atoms with Gasteiger partial charge in [0.2, 0.25) is 0 Å². The van der Waals surface area contributed by atoms with Gasteiger partial charge in [0.05, 0.1) is 5.70 Å². The molecule has 0 radical (unpaired) electrons. The van der Waals surface area contributed by atoms with Gasteiger partial charge < -0.3 is 37.5 Å². The molecule has 0 aliphatic heterocycles. The van der Waals surface area contributed by atoms with Crippen LogP contribution in [-0.2, 0) is 4.79 Å². The maximum absolute atomic E-state index is 9.67. The van der Waals surface area contributed by atoms with Gasteiger partial charge in [-0.05, 0) is 60.9 Å². The van der Waals surface area contributed by atoms with Gasteiger partial charge in [-0.1, -0.05) is 88.9 Å². The molecule has 1 fully saturated rings. The minimum absolute atomic E-state index is 0.102. The third-order valence-corrected chi connectivity index (χ3v) is 7.27. The highest BCUT2D eigenvalue weighted by Crippen LogP contribution is 2.36. The Balaban J connectivity index is 0.000000723. The van der Waals surface area contributed by atoms with Crippen molar-refractivity contribution in [2.24, 2.45) is 23.1 Å². The molecule has 3 aromatic rings. The maximum atomic E-state index is 9.67. The second-order valence-electron chi connectivity index (χ2n) is 10.8. The number of aromatic hydroxyl groups is 1. The predicted molar refractivity (Wildman–Crippen MR) is 192 cm³/mol. The highest BCUT2D eigenvalue weighted by atomic mass is 16.3. The number of nitrogens with two attached hydrogens (primary N) is 3. The number of aromatic nitrogens is 2. The molecule has 9 N–H and O–H groups in total. The van der Waals surface area contributed by atoms with Crippen LogP contribution in [0.4, 0.5) is 0 Å². The number of rotatable bonds is 8. The standard InChI is InChI=1S/C18H22N2.C13H18N4O.C4H10.CH4O.CH2O/c1-13-3-5-15(6-4-13)16-7-9-17(10-8-16)18-11-19-14(2)20-12-18;1-2-7-17-11(13(15)16)8-10(14)9-5-3-4-6-12(9)18;1-3-4-2;2*1-2/h7-13,15H,3-6H2,1-2H3;2-6,8,17-18H,1,7,14-16H2;3-4H2,1-2H3;2H,1H3;1H2/b;10-8-;;;. The van der Waals surface area contributed by atoms with Gasteiger partial charge in [0.25, 0.3) is 0 Å². The molecule has 0 spiro atoms. The van der Waals surface area contributed by atoms with Crippen molar-refractivity contribution in [1.82, 2.24) is 15.3 Å². The van der Waals surface area contributed by atoms with Gasteiger partial charge in [0.15, 0.2) is 0 Å². The number of aliphatic hydroxyl groups is 1. The van der Waals surface area contributed by atoms with Crippen LogP contribution in [0.2, 0.25) is 0 Å². The van der Waals surface area contributed by atoms with E-state index in [1.165, 1.54) is 49.7 Å². The molecule has 1 saturated carbocycles. The normalized spacial score (nSPS) is 15.0.